The molecule has 0 aliphatic rings. The molecule has 0 saturated heterocycles. The molecule has 0 bridgehead atoms. The van der Waals surface area contributed by atoms with E-state index in [-0.39, 0.29) is 10.4 Å². The van der Waals surface area contributed by atoms with Gasteiger partial charge in [-0.15, -0.1) is 11.3 Å². The van der Waals surface area contributed by atoms with Crippen LogP contribution in [-0.4, -0.2) is 23.7 Å². The molecule has 0 aromatic carbocycles. The van der Waals surface area contributed by atoms with E-state index in [0.29, 0.717) is 12.5 Å². The number of carboxylic acids is 1. The van der Waals surface area contributed by atoms with Gasteiger partial charge in [-0.2, -0.15) is 0 Å². The Hall–Kier alpha value is -1.36. The third kappa shape index (κ3) is 5.42. The van der Waals surface area contributed by atoms with E-state index in [1.807, 2.05) is 0 Å². The number of rotatable bonds is 8. The van der Waals surface area contributed by atoms with Gasteiger partial charge in [-0.05, 0) is 23.8 Å². The summed E-state index contributed by atoms with van der Waals surface area (Å²) in [6, 6.07) is 1.42. The van der Waals surface area contributed by atoms with E-state index >= 15 is 0 Å². The van der Waals surface area contributed by atoms with E-state index < -0.39 is 11.9 Å². The summed E-state index contributed by atoms with van der Waals surface area (Å²) in [4.78, 5) is 22.7. The van der Waals surface area contributed by atoms with Crippen molar-refractivity contribution in [3.63, 3.8) is 0 Å². The van der Waals surface area contributed by atoms with Crippen LogP contribution in [0.5, 0.6) is 0 Å². The zero-order chi connectivity index (χ0) is 14.3. The molecule has 0 amide bonds. The van der Waals surface area contributed by atoms with Crippen LogP contribution in [0.15, 0.2) is 11.4 Å². The van der Waals surface area contributed by atoms with Crippen LogP contribution >= 0.6 is 11.3 Å². The number of hydrogen-bond donors (Lipinski definition) is 1. The largest absolute Gasteiger partial charge is 0.478 e. The standard InChI is InChI=1S/C14H20O4S/c1-10(2)6-4-3-5-8-18-14(17)12-11(13(15)16)7-9-19-12/h7,9-10H,3-6,8H2,1-2H3,(H,15,16). The summed E-state index contributed by atoms with van der Waals surface area (Å²) in [5, 5.41) is 10.5. The molecule has 0 aliphatic carbocycles. The third-order valence-corrected chi connectivity index (χ3v) is 3.63. The average molecular weight is 284 g/mol. The van der Waals surface area contributed by atoms with Crippen molar-refractivity contribution in [2.24, 2.45) is 5.92 Å². The normalized spacial score (nSPS) is 10.7. The van der Waals surface area contributed by atoms with Crippen molar-refractivity contribution in [3.05, 3.63) is 21.9 Å². The van der Waals surface area contributed by atoms with E-state index in [9.17, 15) is 9.59 Å². The molecule has 19 heavy (non-hydrogen) atoms. The first-order chi connectivity index (χ1) is 9.02. The molecule has 0 aliphatic heterocycles. The maximum absolute atomic E-state index is 11.7. The number of esters is 1. The van der Waals surface area contributed by atoms with Crippen molar-refractivity contribution in [3.8, 4) is 0 Å². The molecule has 0 radical (unpaired) electrons. The molecule has 1 aromatic rings. The van der Waals surface area contributed by atoms with Crippen molar-refractivity contribution in [1.82, 2.24) is 0 Å². The highest BCUT2D eigenvalue weighted by atomic mass is 32.1. The summed E-state index contributed by atoms with van der Waals surface area (Å²) in [6.07, 6.45) is 4.17. The summed E-state index contributed by atoms with van der Waals surface area (Å²) < 4.78 is 5.09. The number of ether oxygens (including phenoxy) is 1. The Labute approximate surface area is 117 Å². The average Bonchev–Trinajstić information content (AvgIpc) is 2.82. The third-order valence-electron chi connectivity index (χ3n) is 2.74. The lowest BCUT2D eigenvalue weighted by atomic mass is 10.1. The Bertz CT molecular complexity index is 423. The zero-order valence-electron chi connectivity index (χ0n) is 11.3. The number of carbonyl (C=O) groups excluding carboxylic acids is 1. The molecule has 0 unspecified atom stereocenters. The van der Waals surface area contributed by atoms with Gasteiger partial charge in [0.1, 0.15) is 4.88 Å². The molecular weight excluding hydrogens is 264 g/mol. The van der Waals surface area contributed by atoms with E-state index in [1.165, 1.54) is 12.5 Å². The van der Waals surface area contributed by atoms with Gasteiger partial charge >= 0.3 is 11.9 Å². The number of hydrogen-bond acceptors (Lipinski definition) is 4. The van der Waals surface area contributed by atoms with Gasteiger partial charge < -0.3 is 9.84 Å². The first-order valence-electron chi connectivity index (χ1n) is 6.50. The lowest BCUT2D eigenvalue weighted by Gasteiger charge is -2.05. The molecule has 1 rings (SSSR count). The Morgan fingerprint density at radius 1 is 1.32 bits per heavy atom. The Kier molecular flexibility index (Phi) is 6.56. The van der Waals surface area contributed by atoms with E-state index in [2.05, 4.69) is 13.8 Å². The molecule has 4 nitrogen and oxygen atoms in total. The molecule has 1 N–H and O–H groups in total. The van der Waals surface area contributed by atoms with Gasteiger partial charge in [-0.1, -0.05) is 33.1 Å². The number of carbonyl (C=O) groups is 2. The molecular formula is C14H20O4S. The zero-order valence-corrected chi connectivity index (χ0v) is 12.2. The van der Waals surface area contributed by atoms with Crippen LogP contribution in [0.4, 0.5) is 0 Å². The Morgan fingerprint density at radius 2 is 2.05 bits per heavy atom. The van der Waals surface area contributed by atoms with Gasteiger partial charge in [0.25, 0.3) is 0 Å². The van der Waals surface area contributed by atoms with E-state index in [1.54, 1.807) is 5.38 Å². The highest BCUT2D eigenvalue weighted by molar-refractivity contribution is 7.12. The quantitative estimate of drug-likeness (QED) is 0.582. The molecule has 5 heteroatoms. The fourth-order valence-corrected chi connectivity index (χ4v) is 2.48. The summed E-state index contributed by atoms with van der Waals surface area (Å²) in [7, 11) is 0. The van der Waals surface area contributed by atoms with E-state index in [4.69, 9.17) is 9.84 Å². The second kappa shape index (κ2) is 7.94. The summed E-state index contributed by atoms with van der Waals surface area (Å²) in [5.41, 5.74) is 0.0230. The van der Waals surface area contributed by atoms with Crippen molar-refractivity contribution < 1.29 is 19.4 Å². The van der Waals surface area contributed by atoms with Gasteiger partial charge in [0.2, 0.25) is 0 Å². The lowest BCUT2D eigenvalue weighted by molar-refractivity contribution is 0.0493. The SMILES string of the molecule is CC(C)CCCCCOC(=O)c1sccc1C(=O)O. The Morgan fingerprint density at radius 3 is 2.68 bits per heavy atom. The number of aromatic carboxylic acids is 1. The minimum Gasteiger partial charge on any atom is -0.478 e. The second-order valence-corrected chi connectivity index (χ2v) is 5.76. The van der Waals surface area contributed by atoms with Crippen LogP contribution in [0.25, 0.3) is 0 Å². The Balaban J connectivity index is 2.28. The van der Waals surface area contributed by atoms with Gasteiger partial charge in [-0.3, -0.25) is 0 Å². The van der Waals surface area contributed by atoms with Crippen LogP contribution in [0.1, 0.15) is 59.6 Å². The monoisotopic (exact) mass is 284 g/mol. The van der Waals surface area contributed by atoms with Crippen molar-refractivity contribution in [2.45, 2.75) is 39.5 Å². The molecule has 0 fully saturated rings. The van der Waals surface area contributed by atoms with Gasteiger partial charge in [0.15, 0.2) is 0 Å². The summed E-state index contributed by atoms with van der Waals surface area (Å²) in [5.74, 6) is -0.923. The predicted octanol–water partition coefficient (Wildman–Crippen LogP) is 3.82. The number of unbranched alkanes of at least 4 members (excludes halogenated alkanes) is 2. The topological polar surface area (TPSA) is 63.6 Å². The van der Waals surface area contributed by atoms with Crippen molar-refractivity contribution in [2.75, 3.05) is 6.61 Å². The van der Waals surface area contributed by atoms with E-state index in [0.717, 1.165) is 30.6 Å². The fourth-order valence-electron chi connectivity index (χ4n) is 1.70. The molecule has 0 spiro atoms. The first kappa shape index (κ1) is 15.7. The highest BCUT2D eigenvalue weighted by Gasteiger charge is 2.19. The summed E-state index contributed by atoms with van der Waals surface area (Å²) >= 11 is 1.10. The van der Waals surface area contributed by atoms with Gasteiger partial charge in [-0.25, -0.2) is 9.59 Å². The molecule has 106 valence electrons. The maximum atomic E-state index is 11.7. The number of carboxylic acid groups (broad SMARTS) is 1. The van der Waals surface area contributed by atoms with Crippen LogP contribution < -0.4 is 0 Å². The van der Waals surface area contributed by atoms with Crippen LogP contribution in [0, 0.1) is 5.92 Å². The lowest BCUT2D eigenvalue weighted by Crippen LogP contribution is -2.09. The van der Waals surface area contributed by atoms with Crippen molar-refractivity contribution in [1.29, 1.82) is 0 Å². The molecule has 0 saturated carbocycles. The molecule has 1 heterocycles. The van der Waals surface area contributed by atoms with Crippen LogP contribution in [-0.2, 0) is 4.74 Å². The minimum atomic E-state index is -1.09. The van der Waals surface area contributed by atoms with Gasteiger partial charge in [0.05, 0.1) is 12.2 Å². The molecule has 1 aromatic heterocycles. The highest BCUT2D eigenvalue weighted by Crippen LogP contribution is 2.18. The minimum absolute atomic E-state index is 0.0230. The fraction of sp³-hybridized carbons (Fsp3) is 0.571. The molecule has 0 atom stereocenters. The van der Waals surface area contributed by atoms with Crippen molar-refractivity contribution >= 4 is 23.3 Å². The van der Waals surface area contributed by atoms with Crippen LogP contribution in [0.3, 0.4) is 0 Å². The van der Waals surface area contributed by atoms with Crippen LogP contribution in [0.2, 0.25) is 0 Å². The predicted molar refractivity (Wildman–Crippen MR) is 74.9 cm³/mol. The maximum Gasteiger partial charge on any atom is 0.349 e. The van der Waals surface area contributed by atoms with Gasteiger partial charge in [0, 0.05) is 0 Å². The smallest absolute Gasteiger partial charge is 0.349 e. The first-order valence-corrected chi connectivity index (χ1v) is 7.38. The summed E-state index contributed by atoms with van der Waals surface area (Å²) in [6.45, 7) is 4.72. The second-order valence-electron chi connectivity index (χ2n) is 4.85. The number of thiophene rings is 1.